The minimum Gasteiger partial charge on any atom is -0.379 e. The van der Waals surface area contributed by atoms with Crippen LogP contribution < -0.4 is 11.1 Å². The molecule has 0 aliphatic carbocycles. The first-order valence-corrected chi connectivity index (χ1v) is 5.65. The number of hydrogen-bond donors (Lipinski definition) is 2. The van der Waals surface area contributed by atoms with Gasteiger partial charge in [0, 0.05) is 20.3 Å². The number of rotatable bonds is 5. The molecule has 17 heavy (non-hydrogen) atoms. The molecule has 0 spiro atoms. The summed E-state index contributed by atoms with van der Waals surface area (Å²) in [4.78, 5) is 12.1. The number of methoxy groups -OCH3 is 2. The Morgan fingerprint density at radius 2 is 2.12 bits per heavy atom. The van der Waals surface area contributed by atoms with Crippen molar-refractivity contribution in [2.45, 2.75) is 32.2 Å². The van der Waals surface area contributed by atoms with E-state index in [4.69, 9.17) is 19.9 Å². The smallest absolute Gasteiger partial charge is 0.230 e. The average molecular weight is 246 g/mol. The fourth-order valence-electron chi connectivity index (χ4n) is 1.87. The molecule has 0 aromatic rings. The third-order valence-corrected chi connectivity index (χ3v) is 3.27. The highest BCUT2D eigenvalue weighted by Gasteiger charge is 2.45. The molecule has 1 heterocycles. The number of nitrogens with one attached hydrogen (secondary N) is 1. The topological polar surface area (TPSA) is 82.8 Å². The van der Waals surface area contributed by atoms with Crippen LogP contribution in [-0.4, -0.2) is 51.7 Å². The molecule has 3 atom stereocenters. The Bertz CT molecular complexity index is 270. The van der Waals surface area contributed by atoms with Gasteiger partial charge in [0.1, 0.15) is 0 Å². The lowest BCUT2D eigenvalue weighted by Crippen LogP contribution is -2.54. The molecule has 0 saturated carbocycles. The quantitative estimate of drug-likeness (QED) is 0.637. The number of ether oxygens (including phenoxy) is 3. The second-order valence-electron chi connectivity index (χ2n) is 4.64. The maximum absolute atomic E-state index is 12.1. The summed E-state index contributed by atoms with van der Waals surface area (Å²) in [5.41, 5.74) is 5.20. The summed E-state index contributed by atoms with van der Waals surface area (Å²) in [5, 5.41) is 2.85. The molecule has 3 unspecified atom stereocenters. The van der Waals surface area contributed by atoms with Crippen molar-refractivity contribution >= 4 is 5.91 Å². The van der Waals surface area contributed by atoms with E-state index in [0.29, 0.717) is 13.2 Å². The molecule has 1 fully saturated rings. The van der Waals surface area contributed by atoms with Gasteiger partial charge in [0.05, 0.1) is 24.7 Å². The lowest BCUT2D eigenvalue weighted by Gasteiger charge is -2.29. The number of carbonyl (C=O) groups excluding carboxylic acids is 1. The highest BCUT2D eigenvalue weighted by Crippen LogP contribution is 2.27. The van der Waals surface area contributed by atoms with E-state index in [9.17, 15) is 4.79 Å². The lowest BCUT2D eigenvalue weighted by atomic mass is 9.84. The second kappa shape index (κ2) is 5.77. The van der Waals surface area contributed by atoms with Crippen LogP contribution in [0.4, 0.5) is 0 Å². The molecule has 6 nitrogen and oxygen atoms in total. The summed E-state index contributed by atoms with van der Waals surface area (Å²) in [6.07, 6.45) is -0.471. The monoisotopic (exact) mass is 246 g/mol. The molecule has 1 rings (SSSR count). The van der Waals surface area contributed by atoms with Gasteiger partial charge < -0.3 is 25.3 Å². The van der Waals surface area contributed by atoms with Crippen molar-refractivity contribution in [3.05, 3.63) is 0 Å². The lowest BCUT2D eigenvalue weighted by molar-refractivity contribution is -0.142. The average Bonchev–Trinajstić information content (AvgIpc) is 2.62. The zero-order valence-electron chi connectivity index (χ0n) is 10.9. The minimum atomic E-state index is -0.680. The normalized spacial score (nSPS) is 30.6. The number of amides is 1. The van der Waals surface area contributed by atoms with Crippen LogP contribution in [0.5, 0.6) is 0 Å². The molecular weight excluding hydrogens is 224 g/mol. The Morgan fingerprint density at radius 3 is 2.53 bits per heavy atom. The molecule has 1 saturated heterocycles. The van der Waals surface area contributed by atoms with E-state index in [2.05, 4.69) is 5.32 Å². The van der Waals surface area contributed by atoms with Gasteiger partial charge in [-0.2, -0.15) is 0 Å². The molecule has 1 aliphatic heterocycles. The zero-order valence-corrected chi connectivity index (χ0v) is 10.9. The molecule has 0 bridgehead atoms. The van der Waals surface area contributed by atoms with Crippen molar-refractivity contribution in [3.63, 3.8) is 0 Å². The maximum atomic E-state index is 12.1. The van der Waals surface area contributed by atoms with Crippen LogP contribution >= 0.6 is 0 Å². The first-order chi connectivity index (χ1) is 7.95. The fourth-order valence-corrected chi connectivity index (χ4v) is 1.87. The van der Waals surface area contributed by atoms with Crippen molar-refractivity contribution in [2.75, 3.05) is 27.4 Å². The van der Waals surface area contributed by atoms with Crippen LogP contribution in [0.3, 0.4) is 0 Å². The minimum absolute atomic E-state index is 0.130. The Labute approximate surface area is 102 Å². The van der Waals surface area contributed by atoms with E-state index < -0.39 is 11.7 Å². The highest BCUT2D eigenvalue weighted by atomic mass is 16.7. The Hall–Kier alpha value is -0.690. The van der Waals surface area contributed by atoms with E-state index in [1.54, 1.807) is 6.92 Å². The molecule has 1 aliphatic rings. The van der Waals surface area contributed by atoms with Gasteiger partial charge in [0.15, 0.2) is 6.29 Å². The van der Waals surface area contributed by atoms with Crippen molar-refractivity contribution in [1.82, 2.24) is 5.32 Å². The van der Waals surface area contributed by atoms with Gasteiger partial charge in [-0.15, -0.1) is 0 Å². The number of hydrogen-bond acceptors (Lipinski definition) is 5. The predicted molar refractivity (Wildman–Crippen MR) is 62.3 cm³/mol. The van der Waals surface area contributed by atoms with Crippen LogP contribution in [0.2, 0.25) is 0 Å². The standard InChI is InChI=1S/C11H22N2O4/c1-7(9(15-3)16-4)13-10(14)11(2)6-17-5-8(11)12/h7-9H,5-6,12H2,1-4H3,(H,13,14). The third kappa shape index (κ3) is 2.95. The Balaban J connectivity index is 2.59. The molecule has 3 N–H and O–H groups in total. The van der Waals surface area contributed by atoms with Crippen LogP contribution in [0.25, 0.3) is 0 Å². The first-order valence-electron chi connectivity index (χ1n) is 5.65. The van der Waals surface area contributed by atoms with Gasteiger partial charge in [-0.05, 0) is 13.8 Å². The Morgan fingerprint density at radius 1 is 1.53 bits per heavy atom. The Kier molecular flexibility index (Phi) is 4.88. The number of carbonyl (C=O) groups is 1. The van der Waals surface area contributed by atoms with Gasteiger partial charge in [0.2, 0.25) is 5.91 Å². The second-order valence-corrected chi connectivity index (χ2v) is 4.64. The summed E-state index contributed by atoms with van der Waals surface area (Å²) in [6.45, 7) is 4.38. The van der Waals surface area contributed by atoms with E-state index in [-0.39, 0.29) is 18.0 Å². The largest absolute Gasteiger partial charge is 0.379 e. The summed E-state index contributed by atoms with van der Waals surface area (Å²) in [5.74, 6) is -0.130. The molecule has 6 heteroatoms. The van der Waals surface area contributed by atoms with E-state index in [1.165, 1.54) is 14.2 Å². The van der Waals surface area contributed by atoms with Crippen LogP contribution in [0.1, 0.15) is 13.8 Å². The summed E-state index contributed by atoms with van der Waals surface area (Å²) in [6, 6.07) is -0.527. The van der Waals surface area contributed by atoms with Crippen molar-refractivity contribution < 1.29 is 19.0 Å². The molecular formula is C11H22N2O4. The van der Waals surface area contributed by atoms with Crippen LogP contribution in [0, 0.1) is 5.41 Å². The van der Waals surface area contributed by atoms with Crippen molar-refractivity contribution in [3.8, 4) is 0 Å². The van der Waals surface area contributed by atoms with Gasteiger partial charge in [-0.1, -0.05) is 0 Å². The van der Waals surface area contributed by atoms with Crippen LogP contribution in [-0.2, 0) is 19.0 Å². The van der Waals surface area contributed by atoms with E-state index >= 15 is 0 Å². The maximum Gasteiger partial charge on any atom is 0.230 e. The van der Waals surface area contributed by atoms with Gasteiger partial charge >= 0.3 is 0 Å². The summed E-state index contributed by atoms with van der Waals surface area (Å²) < 4.78 is 15.4. The van der Waals surface area contributed by atoms with Crippen molar-refractivity contribution in [2.24, 2.45) is 11.1 Å². The van der Waals surface area contributed by atoms with Gasteiger partial charge in [-0.3, -0.25) is 4.79 Å². The molecule has 0 aromatic carbocycles. The molecule has 100 valence electrons. The van der Waals surface area contributed by atoms with E-state index in [1.807, 2.05) is 6.92 Å². The number of nitrogens with two attached hydrogens (primary N) is 1. The first kappa shape index (κ1) is 14.4. The van der Waals surface area contributed by atoms with Gasteiger partial charge in [-0.25, -0.2) is 0 Å². The van der Waals surface area contributed by atoms with Crippen LogP contribution in [0.15, 0.2) is 0 Å². The third-order valence-electron chi connectivity index (χ3n) is 3.27. The van der Waals surface area contributed by atoms with E-state index in [0.717, 1.165) is 0 Å². The summed E-state index contributed by atoms with van der Waals surface area (Å²) in [7, 11) is 3.06. The fraction of sp³-hybridized carbons (Fsp3) is 0.909. The van der Waals surface area contributed by atoms with Gasteiger partial charge in [0.25, 0.3) is 0 Å². The van der Waals surface area contributed by atoms with Crippen molar-refractivity contribution in [1.29, 1.82) is 0 Å². The SMILES string of the molecule is COC(OC)C(C)NC(=O)C1(C)COCC1N. The molecule has 0 radical (unpaired) electrons. The highest BCUT2D eigenvalue weighted by molar-refractivity contribution is 5.83. The molecule has 0 aromatic heterocycles. The molecule has 1 amide bonds. The predicted octanol–water partition coefficient (Wildman–Crippen LogP) is -0.526. The zero-order chi connectivity index (χ0) is 13.1. The summed E-state index contributed by atoms with van der Waals surface area (Å²) >= 11 is 0.